The molecule has 2 aromatic heterocycles. The number of amides is 1. The second-order valence-electron chi connectivity index (χ2n) is 6.65. The number of pyridine rings is 1. The highest BCUT2D eigenvalue weighted by molar-refractivity contribution is 5.92. The van der Waals surface area contributed by atoms with Gasteiger partial charge in [0.05, 0.1) is 17.4 Å². The highest BCUT2D eigenvalue weighted by Crippen LogP contribution is 2.19. The van der Waals surface area contributed by atoms with E-state index < -0.39 is 0 Å². The van der Waals surface area contributed by atoms with Crippen molar-refractivity contribution < 1.29 is 4.79 Å². The summed E-state index contributed by atoms with van der Waals surface area (Å²) in [5, 5.41) is 17.4. The van der Waals surface area contributed by atoms with Crippen LogP contribution in [0.3, 0.4) is 0 Å². The summed E-state index contributed by atoms with van der Waals surface area (Å²) in [5.41, 5.74) is 2.89. The molecule has 0 saturated carbocycles. The van der Waals surface area contributed by atoms with E-state index in [2.05, 4.69) is 21.4 Å². The van der Waals surface area contributed by atoms with Gasteiger partial charge < -0.3 is 9.80 Å². The molecule has 140 valence electrons. The van der Waals surface area contributed by atoms with Gasteiger partial charge in [0, 0.05) is 32.4 Å². The average molecular weight is 373 g/mol. The molecule has 1 aliphatic rings. The van der Waals surface area contributed by atoms with Crippen LogP contribution in [0.2, 0.25) is 0 Å². The normalized spacial score (nSPS) is 14.0. The van der Waals surface area contributed by atoms with Crippen molar-refractivity contribution >= 4 is 11.7 Å². The van der Waals surface area contributed by atoms with Gasteiger partial charge in [-0.2, -0.15) is 5.26 Å². The second-order valence-corrected chi connectivity index (χ2v) is 6.65. The van der Waals surface area contributed by atoms with Crippen molar-refractivity contribution in [2.75, 3.05) is 31.1 Å². The number of aryl methyl sites for hydroxylation is 1. The molecule has 3 heterocycles. The first kappa shape index (κ1) is 17.7. The number of aromatic nitrogens is 4. The summed E-state index contributed by atoms with van der Waals surface area (Å²) in [6, 6.07) is 13.5. The molecule has 0 N–H and O–H groups in total. The Bertz CT molecular complexity index is 1030. The molecule has 4 rings (SSSR count). The van der Waals surface area contributed by atoms with Crippen molar-refractivity contribution in [2.24, 2.45) is 0 Å². The number of nitriles is 1. The van der Waals surface area contributed by atoms with Gasteiger partial charge in [-0.15, -0.1) is 5.10 Å². The molecule has 0 bridgehead atoms. The third kappa shape index (κ3) is 3.42. The number of carbonyl (C=O) groups excluding carboxylic acids is 1. The van der Waals surface area contributed by atoms with Crippen LogP contribution in [0.4, 0.5) is 5.82 Å². The van der Waals surface area contributed by atoms with E-state index in [1.54, 1.807) is 34.1 Å². The van der Waals surface area contributed by atoms with Crippen LogP contribution in [0, 0.1) is 18.3 Å². The van der Waals surface area contributed by atoms with Crippen molar-refractivity contribution in [2.45, 2.75) is 6.92 Å². The standard InChI is InChI=1S/C20H19N7O/c1-15-4-6-17(7-5-15)27-14-18(23-24-27)20(28)26-11-9-25(10-12-26)19-16(13-21)3-2-8-22-19/h2-8,14H,9-12H2,1H3. The predicted octanol–water partition coefficient (Wildman–Crippen LogP) is 1.80. The van der Waals surface area contributed by atoms with Crippen LogP contribution < -0.4 is 4.90 Å². The van der Waals surface area contributed by atoms with Crippen LogP contribution in [0.15, 0.2) is 48.8 Å². The lowest BCUT2D eigenvalue weighted by atomic mass is 10.2. The maximum atomic E-state index is 12.8. The Hall–Kier alpha value is -3.73. The van der Waals surface area contributed by atoms with E-state index in [0.29, 0.717) is 43.3 Å². The Morgan fingerprint density at radius 3 is 2.57 bits per heavy atom. The lowest BCUT2D eigenvalue weighted by Crippen LogP contribution is -2.49. The Morgan fingerprint density at radius 1 is 1.11 bits per heavy atom. The zero-order valence-corrected chi connectivity index (χ0v) is 15.5. The molecule has 0 spiro atoms. The Balaban J connectivity index is 1.43. The predicted molar refractivity (Wildman–Crippen MR) is 103 cm³/mol. The number of piperazine rings is 1. The molecule has 1 aromatic carbocycles. The number of hydrogen-bond donors (Lipinski definition) is 0. The highest BCUT2D eigenvalue weighted by Gasteiger charge is 2.25. The lowest BCUT2D eigenvalue weighted by Gasteiger charge is -2.35. The molecule has 1 saturated heterocycles. The molecule has 0 radical (unpaired) electrons. The van der Waals surface area contributed by atoms with Crippen molar-refractivity contribution in [3.05, 3.63) is 65.6 Å². The molecule has 0 atom stereocenters. The van der Waals surface area contributed by atoms with E-state index in [1.807, 2.05) is 36.1 Å². The summed E-state index contributed by atoms with van der Waals surface area (Å²) in [4.78, 5) is 20.9. The summed E-state index contributed by atoms with van der Waals surface area (Å²) in [7, 11) is 0. The molecule has 1 aliphatic heterocycles. The van der Waals surface area contributed by atoms with Gasteiger partial charge in [0.1, 0.15) is 11.9 Å². The summed E-state index contributed by atoms with van der Waals surface area (Å²) < 4.78 is 1.61. The van der Waals surface area contributed by atoms with Gasteiger partial charge in [0.15, 0.2) is 5.69 Å². The van der Waals surface area contributed by atoms with Gasteiger partial charge in [-0.1, -0.05) is 22.9 Å². The minimum atomic E-state index is -0.139. The van der Waals surface area contributed by atoms with E-state index in [1.165, 1.54) is 0 Å². The van der Waals surface area contributed by atoms with E-state index in [0.717, 1.165) is 11.3 Å². The van der Waals surface area contributed by atoms with Crippen LogP contribution in [0.5, 0.6) is 0 Å². The molecule has 0 unspecified atom stereocenters. The first-order valence-corrected chi connectivity index (χ1v) is 9.04. The minimum Gasteiger partial charge on any atom is -0.352 e. The quantitative estimate of drug-likeness (QED) is 0.695. The lowest BCUT2D eigenvalue weighted by molar-refractivity contribution is 0.0740. The van der Waals surface area contributed by atoms with Gasteiger partial charge in [0.25, 0.3) is 5.91 Å². The zero-order valence-electron chi connectivity index (χ0n) is 15.5. The molecule has 0 aliphatic carbocycles. The zero-order chi connectivity index (χ0) is 19.5. The summed E-state index contributed by atoms with van der Waals surface area (Å²) in [6.45, 7) is 4.33. The molecular formula is C20H19N7O. The minimum absolute atomic E-state index is 0.139. The maximum absolute atomic E-state index is 12.8. The molecule has 8 heteroatoms. The third-order valence-corrected chi connectivity index (χ3v) is 4.78. The fourth-order valence-electron chi connectivity index (χ4n) is 3.21. The maximum Gasteiger partial charge on any atom is 0.276 e. The fourth-order valence-corrected chi connectivity index (χ4v) is 3.21. The van der Waals surface area contributed by atoms with Crippen LogP contribution in [0.25, 0.3) is 5.69 Å². The number of hydrogen-bond acceptors (Lipinski definition) is 6. The Labute approximate surface area is 162 Å². The molecule has 3 aromatic rings. The second kappa shape index (κ2) is 7.48. The third-order valence-electron chi connectivity index (χ3n) is 4.78. The highest BCUT2D eigenvalue weighted by atomic mass is 16.2. The van der Waals surface area contributed by atoms with Gasteiger partial charge in [0.2, 0.25) is 0 Å². The number of benzene rings is 1. The van der Waals surface area contributed by atoms with E-state index >= 15 is 0 Å². The van der Waals surface area contributed by atoms with Crippen molar-refractivity contribution in [1.29, 1.82) is 5.26 Å². The average Bonchev–Trinajstić information content (AvgIpc) is 3.24. The van der Waals surface area contributed by atoms with Crippen LogP contribution >= 0.6 is 0 Å². The van der Waals surface area contributed by atoms with Crippen molar-refractivity contribution in [1.82, 2.24) is 24.9 Å². The van der Waals surface area contributed by atoms with Crippen LogP contribution in [0.1, 0.15) is 21.6 Å². The topological polar surface area (TPSA) is 90.9 Å². The van der Waals surface area contributed by atoms with Crippen LogP contribution in [-0.2, 0) is 0 Å². The number of anilines is 1. The van der Waals surface area contributed by atoms with Crippen molar-refractivity contribution in [3.63, 3.8) is 0 Å². The van der Waals surface area contributed by atoms with Crippen LogP contribution in [-0.4, -0.2) is 57.0 Å². The monoisotopic (exact) mass is 373 g/mol. The summed E-state index contributed by atoms with van der Waals surface area (Å²) in [6.07, 6.45) is 3.34. The number of carbonyl (C=O) groups is 1. The number of rotatable bonds is 3. The van der Waals surface area contributed by atoms with E-state index in [4.69, 9.17) is 0 Å². The van der Waals surface area contributed by atoms with Gasteiger partial charge >= 0.3 is 0 Å². The van der Waals surface area contributed by atoms with Gasteiger partial charge in [-0.05, 0) is 31.2 Å². The summed E-state index contributed by atoms with van der Waals surface area (Å²) >= 11 is 0. The Kier molecular flexibility index (Phi) is 4.72. The first-order valence-electron chi connectivity index (χ1n) is 9.04. The van der Waals surface area contributed by atoms with E-state index in [9.17, 15) is 10.1 Å². The molecule has 1 fully saturated rings. The van der Waals surface area contributed by atoms with Gasteiger partial charge in [-0.3, -0.25) is 4.79 Å². The van der Waals surface area contributed by atoms with Gasteiger partial charge in [-0.25, -0.2) is 9.67 Å². The number of nitrogens with zero attached hydrogens (tertiary/aromatic N) is 7. The SMILES string of the molecule is Cc1ccc(-n2cc(C(=O)N3CCN(c4ncccc4C#N)CC3)nn2)cc1. The van der Waals surface area contributed by atoms with E-state index in [-0.39, 0.29) is 5.91 Å². The fraction of sp³-hybridized carbons (Fsp3) is 0.250. The molecule has 8 nitrogen and oxygen atoms in total. The molecule has 1 amide bonds. The Morgan fingerprint density at radius 2 is 1.86 bits per heavy atom. The molecular weight excluding hydrogens is 354 g/mol. The first-order chi connectivity index (χ1) is 13.7. The van der Waals surface area contributed by atoms with Crippen molar-refractivity contribution in [3.8, 4) is 11.8 Å². The largest absolute Gasteiger partial charge is 0.352 e. The smallest absolute Gasteiger partial charge is 0.276 e. The molecule has 28 heavy (non-hydrogen) atoms. The summed E-state index contributed by atoms with van der Waals surface area (Å²) in [5.74, 6) is 0.530.